The second-order valence-electron chi connectivity index (χ2n) is 5.23. The van der Waals surface area contributed by atoms with Crippen molar-refractivity contribution in [2.45, 2.75) is 40.2 Å². The minimum Gasteiger partial charge on any atom is -0.494 e. The summed E-state index contributed by atoms with van der Waals surface area (Å²) in [5.41, 5.74) is 3.99. The predicted octanol–water partition coefficient (Wildman–Crippen LogP) is 3.37. The molecule has 1 aliphatic heterocycles. The molecule has 0 saturated carbocycles. The predicted molar refractivity (Wildman–Crippen MR) is 71.6 cm³/mol. The van der Waals surface area contributed by atoms with Crippen LogP contribution in [-0.2, 0) is 0 Å². The van der Waals surface area contributed by atoms with Gasteiger partial charge in [0, 0.05) is 11.6 Å². The van der Waals surface area contributed by atoms with Gasteiger partial charge in [0.2, 0.25) is 0 Å². The van der Waals surface area contributed by atoms with E-state index < -0.39 is 0 Å². The minimum absolute atomic E-state index is 0.465. The third-order valence-electron chi connectivity index (χ3n) is 3.49. The summed E-state index contributed by atoms with van der Waals surface area (Å²) in [5, 5.41) is 3.60. The van der Waals surface area contributed by atoms with Gasteiger partial charge >= 0.3 is 0 Å². The van der Waals surface area contributed by atoms with Gasteiger partial charge in [-0.3, -0.25) is 0 Å². The zero-order chi connectivity index (χ0) is 12.4. The third kappa shape index (κ3) is 2.63. The van der Waals surface area contributed by atoms with Crippen LogP contribution in [0, 0.1) is 19.8 Å². The van der Waals surface area contributed by atoms with Gasteiger partial charge in [-0.15, -0.1) is 0 Å². The number of hydrogen-bond donors (Lipinski definition) is 1. The van der Waals surface area contributed by atoms with Crippen molar-refractivity contribution in [1.29, 1.82) is 0 Å². The van der Waals surface area contributed by atoms with Gasteiger partial charge in [-0.25, -0.2) is 0 Å². The van der Waals surface area contributed by atoms with E-state index in [9.17, 15) is 0 Å². The van der Waals surface area contributed by atoms with Gasteiger partial charge in [-0.2, -0.15) is 0 Å². The van der Waals surface area contributed by atoms with Gasteiger partial charge in [0.25, 0.3) is 0 Å². The molecule has 2 rings (SSSR count). The first kappa shape index (κ1) is 12.4. The lowest BCUT2D eigenvalue weighted by Gasteiger charge is -2.19. The molecular weight excluding hydrogens is 210 g/mol. The molecule has 1 heterocycles. The van der Waals surface area contributed by atoms with Crippen molar-refractivity contribution in [2.24, 2.45) is 5.92 Å². The molecule has 94 valence electrons. The van der Waals surface area contributed by atoms with Crippen LogP contribution in [0.1, 0.15) is 43.0 Å². The van der Waals surface area contributed by atoms with Crippen LogP contribution in [0.2, 0.25) is 0 Å². The highest BCUT2D eigenvalue weighted by Crippen LogP contribution is 2.36. The van der Waals surface area contributed by atoms with Crippen molar-refractivity contribution in [3.63, 3.8) is 0 Å². The van der Waals surface area contributed by atoms with Gasteiger partial charge in [-0.1, -0.05) is 13.0 Å². The molecule has 0 unspecified atom stereocenters. The first-order chi connectivity index (χ1) is 8.11. The number of benzene rings is 1. The molecule has 2 atom stereocenters. The molecule has 2 heteroatoms. The van der Waals surface area contributed by atoms with Crippen LogP contribution in [0.3, 0.4) is 0 Å². The van der Waals surface area contributed by atoms with Crippen LogP contribution in [0.15, 0.2) is 12.1 Å². The number of nitrogens with one attached hydrogen (secondary N) is 1. The van der Waals surface area contributed by atoms with Crippen LogP contribution in [-0.4, -0.2) is 13.2 Å². The van der Waals surface area contributed by atoms with E-state index in [1.165, 1.54) is 23.1 Å². The summed E-state index contributed by atoms with van der Waals surface area (Å²) in [7, 11) is 0. The molecule has 17 heavy (non-hydrogen) atoms. The van der Waals surface area contributed by atoms with E-state index in [-0.39, 0.29) is 0 Å². The standard InChI is InChI=1S/C15H23NO/c1-5-17-14-8-10(2)6-12(4)15(14)13-7-11(3)9-16-13/h6,8,11,13,16H,5,7,9H2,1-4H3/t11-,13-/m0/s1. The number of hydrogen-bond acceptors (Lipinski definition) is 2. The lowest BCUT2D eigenvalue weighted by Crippen LogP contribution is -2.16. The Morgan fingerprint density at radius 1 is 1.35 bits per heavy atom. The van der Waals surface area contributed by atoms with Crippen molar-refractivity contribution in [1.82, 2.24) is 5.32 Å². The smallest absolute Gasteiger partial charge is 0.124 e. The summed E-state index contributed by atoms with van der Waals surface area (Å²) in [4.78, 5) is 0. The lowest BCUT2D eigenvalue weighted by atomic mass is 9.95. The second kappa shape index (κ2) is 5.09. The fourth-order valence-corrected chi connectivity index (χ4v) is 2.79. The molecule has 1 fully saturated rings. The van der Waals surface area contributed by atoms with E-state index in [0.717, 1.165) is 24.8 Å². The Bertz CT molecular complexity index is 400. The van der Waals surface area contributed by atoms with Crippen molar-refractivity contribution in [3.8, 4) is 5.75 Å². The Labute approximate surface area is 104 Å². The average Bonchev–Trinajstić information content (AvgIpc) is 2.64. The highest BCUT2D eigenvalue weighted by molar-refractivity contribution is 5.45. The van der Waals surface area contributed by atoms with Gasteiger partial charge in [0.05, 0.1) is 6.61 Å². The van der Waals surface area contributed by atoms with Crippen LogP contribution in [0.5, 0.6) is 5.75 Å². The third-order valence-corrected chi connectivity index (χ3v) is 3.49. The fraction of sp³-hybridized carbons (Fsp3) is 0.600. The van der Waals surface area contributed by atoms with E-state index in [4.69, 9.17) is 4.74 Å². The molecule has 0 aromatic heterocycles. The Balaban J connectivity index is 2.36. The molecule has 0 bridgehead atoms. The van der Waals surface area contributed by atoms with Crippen LogP contribution in [0.25, 0.3) is 0 Å². The molecule has 0 spiro atoms. The molecule has 1 aromatic rings. The van der Waals surface area contributed by atoms with E-state index in [2.05, 4.69) is 38.2 Å². The quantitative estimate of drug-likeness (QED) is 0.864. The molecule has 0 radical (unpaired) electrons. The largest absolute Gasteiger partial charge is 0.494 e. The summed E-state index contributed by atoms with van der Waals surface area (Å²) in [6.45, 7) is 10.5. The van der Waals surface area contributed by atoms with Gasteiger partial charge in [0.1, 0.15) is 5.75 Å². The summed E-state index contributed by atoms with van der Waals surface area (Å²) < 4.78 is 5.81. The van der Waals surface area contributed by atoms with Crippen molar-refractivity contribution in [3.05, 3.63) is 28.8 Å². The van der Waals surface area contributed by atoms with Gasteiger partial charge < -0.3 is 10.1 Å². The van der Waals surface area contributed by atoms with E-state index in [1.807, 2.05) is 6.92 Å². The van der Waals surface area contributed by atoms with Crippen LogP contribution in [0.4, 0.5) is 0 Å². The number of rotatable bonds is 3. The van der Waals surface area contributed by atoms with Crippen molar-refractivity contribution >= 4 is 0 Å². The number of ether oxygens (including phenoxy) is 1. The summed E-state index contributed by atoms with van der Waals surface area (Å²) >= 11 is 0. The maximum Gasteiger partial charge on any atom is 0.124 e. The minimum atomic E-state index is 0.465. The maximum absolute atomic E-state index is 5.81. The maximum atomic E-state index is 5.81. The first-order valence-corrected chi connectivity index (χ1v) is 6.59. The van der Waals surface area contributed by atoms with Crippen LogP contribution < -0.4 is 10.1 Å². The van der Waals surface area contributed by atoms with Crippen molar-refractivity contribution in [2.75, 3.05) is 13.2 Å². The molecule has 0 amide bonds. The van der Waals surface area contributed by atoms with Crippen molar-refractivity contribution < 1.29 is 4.74 Å². The Morgan fingerprint density at radius 2 is 2.12 bits per heavy atom. The zero-order valence-corrected chi connectivity index (χ0v) is 11.3. The fourth-order valence-electron chi connectivity index (χ4n) is 2.79. The molecule has 1 N–H and O–H groups in total. The molecule has 2 nitrogen and oxygen atoms in total. The molecule has 1 aromatic carbocycles. The molecular formula is C15H23NO. The normalized spacial score (nSPS) is 24.0. The topological polar surface area (TPSA) is 21.3 Å². The van der Waals surface area contributed by atoms with Crippen LogP contribution >= 0.6 is 0 Å². The summed E-state index contributed by atoms with van der Waals surface area (Å²) in [6, 6.07) is 4.88. The van der Waals surface area contributed by atoms with E-state index >= 15 is 0 Å². The average molecular weight is 233 g/mol. The monoisotopic (exact) mass is 233 g/mol. The summed E-state index contributed by atoms with van der Waals surface area (Å²) in [5.74, 6) is 1.83. The Kier molecular flexibility index (Phi) is 3.72. The summed E-state index contributed by atoms with van der Waals surface area (Å²) in [6.07, 6.45) is 1.21. The van der Waals surface area contributed by atoms with Gasteiger partial charge in [-0.05, 0) is 56.8 Å². The first-order valence-electron chi connectivity index (χ1n) is 6.59. The Hall–Kier alpha value is -1.02. The van der Waals surface area contributed by atoms with E-state index in [0.29, 0.717) is 6.04 Å². The SMILES string of the molecule is CCOc1cc(C)cc(C)c1[C@@H]1C[C@H](C)CN1. The number of aryl methyl sites for hydroxylation is 2. The molecule has 0 aliphatic carbocycles. The lowest BCUT2D eigenvalue weighted by molar-refractivity contribution is 0.332. The van der Waals surface area contributed by atoms with E-state index in [1.54, 1.807) is 0 Å². The second-order valence-corrected chi connectivity index (χ2v) is 5.23. The highest BCUT2D eigenvalue weighted by Gasteiger charge is 2.26. The molecule has 1 saturated heterocycles. The highest BCUT2D eigenvalue weighted by atomic mass is 16.5. The van der Waals surface area contributed by atoms with Gasteiger partial charge in [0.15, 0.2) is 0 Å². The Morgan fingerprint density at radius 3 is 2.71 bits per heavy atom. The zero-order valence-electron chi connectivity index (χ0n) is 11.3. The molecule has 1 aliphatic rings.